The van der Waals surface area contributed by atoms with Crippen LogP contribution in [0.3, 0.4) is 0 Å². The first-order valence-corrected chi connectivity index (χ1v) is 8.46. The van der Waals surface area contributed by atoms with Crippen LogP contribution in [0.25, 0.3) is 0 Å². The van der Waals surface area contributed by atoms with Gasteiger partial charge in [0.1, 0.15) is 0 Å². The molecule has 0 radical (unpaired) electrons. The van der Waals surface area contributed by atoms with Crippen molar-refractivity contribution < 1.29 is 14.7 Å². The van der Waals surface area contributed by atoms with Crippen LogP contribution in [0.15, 0.2) is 48.5 Å². The number of carbonyl (C=O) groups excluding carboxylic acids is 1. The fourth-order valence-corrected chi connectivity index (χ4v) is 3.24. The van der Waals surface area contributed by atoms with Crippen LogP contribution in [0.1, 0.15) is 29.9 Å². The topological polar surface area (TPSA) is 69.6 Å². The van der Waals surface area contributed by atoms with Crippen molar-refractivity contribution in [3.8, 4) is 0 Å². The fourth-order valence-electron chi connectivity index (χ4n) is 3.24. The smallest absolute Gasteiger partial charge is 0.303 e. The molecule has 1 amide bonds. The fraction of sp³-hybridized carbons (Fsp3) is 0.300. The molecule has 0 saturated heterocycles. The van der Waals surface area contributed by atoms with E-state index < -0.39 is 5.97 Å². The second-order valence-corrected chi connectivity index (χ2v) is 6.40. The molecule has 1 unspecified atom stereocenters. The Morgan fingerprint density at radius 2 is 1.88 bits per heavy atom. The first kappa shape index (κ1) is 17.0. The number of benzene rings is 2. The zero-order valence-corrected chi connectivity index (χ0v) is 14.2. The molecule has 2 aromatic carbocycles. The molecule has 25 heavy (non-hydrogen) atoms. The molecule has 1 aliphatic heterocycles. The molecule has 0 aliphatic carbocycles. The van der Waals surface area contributed by atoms with Crippen LogP contribution in [0.5, 0.6) is 0 Å². The van der Waals surface area contributed by atoms with Gasteiger partial charge in [0.05, 0.1) is 5.92 Å². The van der Waals surface area contributed by atoms with Gasteiger partial charge < -0.3 is 15.3 Å². The minimum atomic E-state index is -0.807. The number of hydrogen-bond acceptors (Lipinski definition) is 3. The molecular formula is C20H22N2O3. The third-order valence-corrected chi connectivity index (χ3v) is 4.64. The molecule has 0 fully saturated rings. The minimum Gasteiger partial charge on any atom is -0.481 e. The molecule has 2 N–H and O–H groups in total. The van der Waals surface area contributed by atoms with Crippen LogP contribution in [0, 0.1) is 0 Å². The van der Waals surface area contributed by atoms with Gasteiger partial charge in [0.15, 0.2) is 0 Å². The summed E-state index contributed by atoms with van der Waals surface area (Å²) in [7, 11) is 2.04. The van der Waals surface area contributed by atoms with Crippen molar-refractivity contribution in [1.82, 2.24) is 0 Å². The van der Waals surface area contributed by atoms with Gasteiger partial charge >= 0.3 is 5.97 Å². The number of carboxylic acid groups (broad SMARTS) is 1. The van der Waals surface area contributed by atoms with E-state index in [9.17, 15) is 9.59 Å². The van der Waals surface area contributed by atoms with Crippen molar-refractivity contribution in [3.05, 3.63) is 59.7 Å². The van der Waals surface area contributed by atoms with E-state index in [-0.39, 0.29) is 18.2 Å². The Morgan fingerprint density at radius 1 is 1.16 bits per heavy atom. The van der Waals surface area contributed by atoms with Crippen LogP contribution >= 0.6 is 0 Å². The van der Waals surface area contributed by atoms with E-state index >= 15 is 0 Å². The van der Waals surface area contributed by atoms with Gasteiger partial charge in [0.2, 0.25) is 5.91 Å². The second-order valence-electron chi connectivity index (χ2n) is 6.40. The molecule has 3 rings (SSSR count). The minimum absolute atomic E-state index is 0.00108. The van der Waals surface area contributed by atoms with E-state index in [2.05, 4.69) is 10.2 Å². The lowest BCUT2D eigenvalue weighted by Gasteiger charge is -2.32. The summed E-state index contributed by atoms with van der Waals surface area (Å²) in [5, 5.41) is 11.7. The SMILES string of the molecule is CN1CCC(C(=O)Nc2ccc(CCC(=O)O)cc2)c2ccccc21. The predicted molar refractivity (Wildman–Crippen MR) is 98.1 cm³/mol. The molecule has 0 saturated carbocycles. The molecule has 0 bridgehead atoms. The molecule has 1 heterocycles. The zero-order chi connectivity index (χ0) is 17.8. The maximum absolute atomic E-state index is 12.7. The Hall–Kier alpha value is -2.82. The van der Waals surface area contributed by atoms with E-state index in [0.29, 0.717) is 6.42 Å². The Bertz CT molecular complexity index is 771. The molecule has 0 spiro atoms. The third-order valence-electron chi connectivity index (χ3n) is 4.64. The van der Waals surface area contributed by atoms with Gasteiger partial charge in [-0.2, -0.15) is 0 Å². The molecular weight excluding hydrogens is 316 g/mol. The maximum atomic E-state index is 12.7. The monoisotopic (exact) mass is 338 g/mol. The van der Waals surface area contributed by atoms with Crippen molar-refractivity contribution in [1.29, 1.82) is 0 Å². The average Bonchev–Trinajstić information content (AvgIpc) is 2.61. The van der Waals surface area contributed by atoms with Crippen molar-refractivity contribution >= 4 is 23.3 Å². The number of hydrogen-bond donors (Lipinski definition) is 2. The van der Waals surface area contributed by atoms with Gasteiger partial charge in [0.25, 0.3) is 0 Å². The lowest BCUT2D eigenvalue weighted by Crippen LogP contribution is -2.32. The van der Waals surface area contributed by atoms with Gasteiger partial charge in [-0.15, -0.1) is 0 Å². The van der Waals surface area contributed by atoms with Crippen LogP contribution in [0.4, 0.5) is 11.4 Å². The van der Waals surface area contributed by atoms with Crippen molar-refractivity contribution in [3.63, 3.8) is 0 Å². The Kier molecular flexibility index (Phi) is 5.03. The van der Waals surface area contributed by atoms with Crippen molar-refractivity contribution in [2.45, 2.75) is 25.2 Å². The lowest BCUT2D eigenvalue weighted by molar-refractivity contribution is -0.137. The number of nitrogens with zero attached hydrogens (tertiary/aromatic N) is 1. The van der Waals surface area contributed by atoms with Gasteiger partial charge in [-0.1, -0.05) is 30.3 Å². The first-order valence-electron chi connectivity index (χ1n) is 8.46. The lowest BCUT2D eigenvalue weighted by atomic mass is 9.89. The van der Waals surface area contributed by atoms with Gasteiger partial charge in [-0.05, 0) is 42.2 Å². The van der Waals surface area contributed by atoms with Gasteiger partial charge in [0, 0.05) is 31.4 Å². The van der Waals surface area contributed by atoms with Crippen LogP contribution in [0.2, 0.25) is 0 Å². The number of amides is 1. The highest BCUT2D eigenvalue weighted by Crippen LogP contribution is 2.35. The number of rotatable bonds is 5. The number of aryl methyl sites for hydroxylation is 1. The number of aliphatic carboxylic acids is 1. The Balaban J connectivity index is 1.68. The standard InChI is InChI=1S/C20H22N2O3/c1-22-13-12-17(16-4-2-3-5-18(16)22)20(25)21-15-9-6-14(7-10-15)8-11-19(23)24/h2-7,9-10,17H,8,11-13H2,1H3,(H,21,25)(H,23,24). The summed E-state index contributed by atoms with van der Waals surface area (Å²) in [4.78, 5) is 25.5. The van der Waals surface area contributed by atoms with Crippen LogP contribution in [-0.2, 0) is 16.0 Å². The predicted octanol–water partition coefficient (Wildman–Crippen LogP) is 3.27. The van der Waals surface area contributed by atoms with E-state index in [0.717, 1.165) is 35.5 Å². The molecule has 5 nitrogen and oxygen atoms in total. The summed E-state index contributed by atoms with van der Waals surface area (Å²) in [6, 6.07) is 15.4. The number of fused-ring (bicyclic) bond motifs is 1. The number of nitrogens with one attached hydrogen (secondary N) is 1. The Labute approximate surface area is 147 Å². The summed E-state index contributed by atoms with van der Waals surface area (Å²) in [6.07, 6.45) is 1.39. The average molecular weight is 338 g/mol. The maximum Gasteiger partial charge on any atom is 0.303 e. The molecule has 1 aliphatic rings. The van der Waals surface area contributed by atoms with Gasteiger partial charge in [-0.3, -0.25) is 9.59 Å². The van der Waals surface area contributed by atoms with Gasteiger partial charge in [-0.25, -0.2) is 0 Å². The largest absolute Gasteiger partial charge is 0.481 e. The highest BCUT2D eigenvalue weighted by Gasteiger charge is 2.28. The molecule has 0 aromatic heterocycles. The number of carbonyl (C=O) groups is 2. The highest BCUT2D eigenvalue weighted by atomic mass is 16.4. The number of anilines is 2. The third kappa shape index (κ3) is 3.99. The zero-order valence-electron chi connectivity index (χ0n) is 14.2. The van der Waals surface area contributed by atoms with Crippen molar-refractivity contribution in [2.75, 3.05) is 23.8 Å². The molecule has 2 aromatic rings. The van der Waals surface area contributed by atoms with E-state index in [1.165, 1.54) is 0 Å². The summed E-state index contributed by atoms with van der Waals surface area (Å²) >= 11 is 0. The summed E-state index contributed by atoms with van der Waals surface area (Å²) in [5.74, 6) is -0.962. The van der Waals surface area contributed by atoms with Crippen molar-refractivity contribution in [2.24, 2.45) is 0 Å². The number of para-hydroxylation sites is 1. The quantitative estimate of drug-likeness (QED) is 0.878. The highest BCUT2D eigenvalue weighted by molar-refractivity contribution is 5.97. The van der Waals surface area contributed by atoms with E-state index in [1.807, 2.05) is 55.6 Å². The first-order chi connectivity index (χ1) is 12.0. The Morgan fingerprint density at radius 3 is 2.60 bits per heavy atom. The van der Waals surface area contributed by atoms with Crippen LogP contribution < -0.4 is 10.2 Å². The summed E-state index contributed by atoms with van der Waals surface area (Å²) < 4.78 is 0. The second kappa shape index (κ2) is 7.38. The molecule has 5 heteroatoms. The molecule has 1 atom stereocenters. The summed E-state index contributed by atoms with van der Waals surface area (Å²) in [5.41, 5.74) is 3.86. The normalized spacial score (nSPS) is 16.2. The summed E-state index contributed by atoms with van der Waals surface area (Å²) in [6.45, 7) is 0.850. The number of carboxylic acids is 1. The van der Waals surface area contributed by atoms with Crippen LogP contribution in [-0.4, -0.2) is 30.6 Å². The molecule has 130 valence electrons. The van der Waals surface area contributed by atoms with E-state index in [4.69, 9.17) is 5.11 Å². The van der Waals surface area contributed by atoms with E-state index in [1.54, 1.807) is 0 Å².